The van der Waals surface area contributed by atoms with Crippen LogP contribution in [0.2, 0.25) is 0 Å². The lowest BCUT2D eigenvalue weighted by atomic mass is 10.1. The minimum atomic E-state index is -5.08. The monoisotopic (exact) mass is 563 g/mol. The summed E-state index contributed by atoms with van der Waals surface area (Å²) in [6, 6.07) is 5.25. The number of carbonyl (C=O) groups excluding carboxylic acids is 1. The number of carboxylic acid groups (broad SMARTS) is 1. The highest BCUT2D eigenvalue weighted by molar-refractivity contribution is 6.14. The minimum absolute atomic E-state index is 0.171. The van der Waals surface area contributed by atoms with Gasteiger partial charge in [0.2, 0.25) is 0 Å². The molecule has 212 valence electrons. The summed E-state index contributed by atoms with van der Waals surface area (Å²) in [6.45, 7) is 6.63. The highest BCUT2D eigenvalue weighted by Gasteiger charge is 2.38. The SMILES string of the molecule is Cc1cn2cc(NC(=O)c3ccc(N4CCNCC4)c4cn(C5COC5)nc34)cc(F)c2n1.O=C(O)C(F)(F)F. The van der Waals surface area contributed by atoms with Gasteiger partial charge in [0.05, 0.1) is 36.2 Å². The van der Waals surface area contributed by atoms with Gasteiger partial charge in [-0.3, -0.25) is 9.48 Å². The fourth-order valence-corrected chi connectivity index (χ4v) is 4.48. The summed E-state index contributed by atoms with van der Waals surface area (Å²) in [5.74, 6) is -3.58. The van der Waals surface area contributed by atoms with Gasteiger partial charge in [-0.1, -0.05) is 0 Å². The van der Waals surface area contributed by atoms with Crippen molar-refractivity contribution in [2.24, 2.45) is 0 Å². The van der Waals surface area contributed by atoms with E-state index < -0.39 is 18.0 Å². The lowest BCUT2D eigenvalue weighted by Gasteiger charge is -2.30. The first-order valence-corrected chi connectivity index (χ1v) is 12.3. The fourth-order valence-electron chi connectivity index (χ4n) is 4.48. The number of amides is 1. The van der Waals surface area contributed by atoms with Crippen molar-refractivity contribution in [3.8, 4) is 0 Å². The number of halogens is 4. The molecule has 0 atom stereocenters. The van der Waals surface area contributed by atoms with Crippen LogP contribution in [0.15, 0.2) is 36.8 Å². The number of hydrogen-bond acceptors (Lipinski definition) is 7. The lowest BCUT2D eigenvalue weighted by Crippen LogP contribution is -2.43. The Hall–Kier alpha value is -4.24. The predicted octanol–water partition coefficient (Wildman–Crippen LogP) is 3.00. The molecule has 15 heteroatoms. The maximum absolute atomic E-state index is 14.5. The third-order valence-corrected chi connectivity index (χ3v) is 6.49. The van der Waals surface area contributed by atoms with E-state index >= 15 is 0 Å². The molecule has 2 aliphatic rings. The molecule has 0 aliphatic carbocycles. The zero-order valence-corrected chi connectivity index (χ0v) is 21.2. The molecule has 3 N–H and O–H groups in total. The first kappa shape index (κ1) is 27.3. The number of nitrogens with one attached hydrogen (secondary N) is 2. The van der Waals surface area contributed by atoms with Crippen molar-refractivity contribution in [2.45, 2.75) is 19.1 Å². The van der Waals surface area contributed by atoms with Gasteiger partial charge in [-0.05, 0) is 19.1 Å². The molecule has 2 aliphatic heterocycles. The highest BCUT2D eigenvalue weighted by Crippen LogP contribution is 2.32. The lowest BCUT2D eigenvalue weighted by molar-refractivity contribution is -0.192. The smallest absolute Gasteiger partial charge is 0.475 e. The third kappa shape index (κ3) is 5.56. The number of aromatic nitrogens is 4. The molecule has 2 fully saturated rings. The second-order valence-electron chi connectivity index (χ2n) is 9.38. The summed E-state index contributed by atoms with van der Waals surface area (Å²) < 4.78 is 55.0. The van der Waals surface area contributed by atoms with Crippen LogP contribution in [-0.4, -0.2) is 81.7 Å². The molecule has 4 aromatic rings. The molecule has 1 amide bonds. The number of carboxylic acids is 1. The molecule has 0 saturated carbocycles. The third-order valence-electron chi connectivity index (χ3n) is 6.49. The molecule has 5 heterocycles. The summed E-state index contributed by atoms with van der Waals surface area (Å²) in [6.07, 6.45) is 0.306. The van der Waals surface area contributed by atoms with E-state index in [9.17, 15) is 22.4 Å². The predicted molar refractivity (Wildman–Crippen MR) is 136 cm³/mol. The van der Waals surface area contributed by atoms with E-state index in [1.807, 2.05) is 16.9 Å². The van der Waals surface area contributed by atoms with E-state index in [4.69, 9.17) is 19.7 Å². The van der Waals surface area contributed by atoms with Gasteiger partial charge in [-0.15, -0.1) is 0 Å². The molecule has 2 saturated heterocycles. The highest BCUT2D eigenvalue weighted by atomic mass is 19.4. The average molecular weight is 564 g/mol. The topological polar surface area (TPSA) is 126 Å². The molecular formula is C25H25F4N7O4. The molecule has 0 radical (unpaired) electrons. The number of anilines is 2. The average Bonchev–Trinajstić information content (AvgIpc) is 3.46. The quantitative estimate of drug-likeness (QED) is 0.324. The number of nitrogens with zero attached hydrogens (tertiary/aromatic N) is 5. The molecular weight excluding hydrogens is 538 g/mol. The van der Waals surface area contributed by atoms with E-state index in [0.29, 0.717) is 35.7 Å². The largest absolute Gasteiger partial charge is 0.490 e. The number of aryl methyl sites for hydroxylation is 1. The van der Waals surface area contributed by atoms with E-state index in [-0.39, 0.29) is 17.6 Å². The van der Waals surface area contributed by atoms with E-state index in [1.165, 1.54) is 6.07 Å². The molecule has 3 aromatic heterocycles. The van der Waals surface area contributed by atoms with Gasteiger partial charge in [0.25, 0.3) is 5.91 Å². The number of fused-ring (bicyclic) bond motifs is 2. The van der Waals surface area contributed by atoms with Crippen molar-refractivity contribution in [3.63, 3.8) is 0 Å². The number of pyridine rings is 1. The minimum Gasteiger partial charge on any atom is -0.475 e. The Bertz CT molecular complexity index is 1570. The van der Waals surface area contributed by atoms with Crippen molar-refractivity contribution >= 4 is 39.8 Å². The summed E-state index contributed by atoms with van der Waals surface area (Å²) in [5, 5.41) is 19.0. The number of hydrogen-bond donors (Lipinski definition) is 3. The Morgan fingerprint density at radius 3 is 2.48 bits per heavy atom. The molecule has 0 unspecified atom stereocenters. The molecule has 11 nitrogen and oxygen atoms in total. The van der Waals surface area contributed by atoms with Gasteiger partial charge in [-0.25, -0.2) is 14.2 Å². The number of imidazole rings is 1. The summed E-state index contributed by atoms with van der Waals surface area (Å²) in [7, 11) is 0. The van der Waals surface area contributed by atoms with Gasteiger partial charge in [0.15, 0.2) is 11.5 Å². The van der Waals surface area contributed by atoms with Crippen LogP contribution >= 0.6 is 0 Å². The van der Waals surface area contributed by atoms with Crippen LogP contribution in [0.3, 0.4) is 0 Å². The second-order valence-corrected chi connectivity index (χ2v) is 9.38. The number of aliphatic carboxylic acids is 1. The Kier molecular flexibility index (Phi) is 7.33. The first-order chi connectivity index (χ1) is 19.0. The van der Waals surface area contributed by atoms with Gasteiger partial charge in [0, 0.05) is 61.9 Å². The van der Waals surface area contributed by atoms with Crippen molar-refractivity contribution in [2.75, 3.05) is 49.6 Å². The van der Waals surface area contributed by atoms with E-state index in [0.717, 1.165) is 37.3 Å². The summed E-state index contributed by atoms with van der Waals surface area (Å²) >= 11 is 0. The van der Waals surface area contributed by atoms with E-state index in [1.54, 1.807) is 29.8 Å². The van der Waals surface area contributed by atoms with Gasteiger partial charge in [0.1, 0.15) is 5.52 Å². The Morgan fingerprint density at radius 2 is 1.85 bits per heavy atom. The van der Waals surface area contributed by atoms with Crippen LogP contribution in [0.4, 0.5) is 28.9 Å². The van der Waals surface area contributed by atoms with Crippen LogP contribution in [0, 0.1) is 12.7 Å². The molecule has 0 bridgehead atoms. The Morgan fingerprint density at radius 1 is 1.15 bits per heavy atom. The van der Waals surface area contributed by atoms with Crippen LogP contribution in [-0.2, 0) is 9.53 Å². The Labute approximate surface area is 224 Å². The standard InChI is InChI=1S/C23H24FN7O2.C2HF3O2/c1-14-9-30-10-15(8-19(24)22(30)26-14)27-23(32)17-2-3-20(29-6-4-25-5-7-29)18-11-31(28-21(17)18)16-12-33-13-16;3-2(4,5)1(6)7/h2-3,8-11,16,25H,4-7,12-13H2,1H3,(H,27,32);(H,6,7). The molecule has 40 heavy (non-hydrogen) atoms. The maximum Gasteiger partial charge on any atom is 0.490 e. The van der Waals surface area contributed by atoms with E-state index in [2.05, 4.69) is 20.5 Å². The van der Waals surface area contributed by atoms with Gasteiger partial charge in [-0.2, -0.15) is 18.3 Å². The van der Waals surface area contributed by atoms with Crippen molar-refractivity contribution in [3.05, 3.63) is 53.9 Å². The number of rotatable bonds is 4. The first-order valence-electron chi connectivity index (χ1n) is 12.3. The van der Waals surface area contributed by atoms with Crippen molar-refractivity contribution in [1.29, 1.82) is 0 Å². The van der Waals surface area contributed by atoms with Crippen LogP contribution in [0.25, 0.3) is 16.6 Å². The zero-order chi connectivity index (χ0) is 28.6. The number of carbonyl (C=O) groups is 2. The number of piperazine rings is 1. The van der Waals surface area contributed by atoms with Gasteiger partial charge >= 0.3 is 12.1 Å². The molecule has 6 rings (SSSR count). The Balaban J connectivity index is 0.000000411. The summed E-state index contributed by atoms with van der Waals surface area (Å²) in [5.41, 5.74) is 3.44. The van der Waals surface area contributed by atoms with Gasteiger partial charge < -0.3 is 29.8 Å². The van der Waals surface area contributed by atoms with Crippen LogP contribution in [0.5, 0.6) is 0 Å². The number of alkyl halides is 3. The maximum atomic E-state index is 14.5. The summed E-state index contributed by atoms with van der Waals surface area (Å²) in [4.78, 5) is 28.6. The van der Waals surface area contributed by atoms with Crippen molar-refractivity contribution < 1.29 is 37.0 Å². The number of benzene rings is 1. The fraction of sp³-hybridized carbons (Fsp3) is 0.360. The van der Waals surface area contributed by atoms with Crippen LogP contribution in [0.1, 0.15) is 22.1 Å². The molecule has 0 spiro atoms. The van der Waals surface area contributed by atoms with Crippen molar-refractivity contribution in [1.82, 2.24) is 24.5 Å². The zero-order valence-electron chi connectivity index (χ0n) is 21.2. The molecule has 1 aromatic carbocycles. The normalized spacial score (nSPS) is 16.0. The van der Waals surface area contributed by atoms with Crippen LogP contribution < -0.4 is 15.5 Å². The second kappa shape index (κ2) is 10.7. The number of ether oxygens (including phenoxy) is 1.